The minimum Gasteiger partial charge on any atom is -0.465 e. The minimum absolute atomic E-state index is 0.0478. The number of ether oxygens (including phenoxy) is 2. The third-order valence-corrected chi connectivity index (χ3v) is 5.35. The monoisotopic (exact) mass is 391 g/mol. The molecule has 6 heteroatoms. The molecule has 4 rings (SSSR count). The number of benzene rings is 2. The molecule has 2 unspecified atom stereocenters. The van der Waals surface area contributed by atoms with Crippen LogP contribution >= 0.6 is 0 Å². The second-order valence-electron chi connectivity index (χ2n) is 6.99. The van der Waals surface area contributed by atoms with Crippen LogP contribution in [0.2, 0.25) is 0 Å². The summed E-state index contributed by atoms with van der Waals surface area (Å²) in [5.41, 5.74) is 2.03. The van der Waals surface area contributed by atoms with E-state index in [4.69, 9.17) is 9.47 Å². The summed E-state index contributed by atoms with van der Waals surface area (Å²) in [6, 6.07) is 16.0. The Morgan fingerprint density at radius 3 is 2.55 bits per heavy atom. The van der Waals surface area contributed by atoms with E-state index in [1.54, 1.807) is 38.2 Å². The molecule has 29 heavy (non-hydrogen) atoms. The van der Waals surface area contributed by atoms with Crippen LogP contribution in [0.5, 0.6) is 0 Å². The van der Waals surface area contributed by atoms with E-state index in [2.05, 4.69) is 0 Å². The smallest absolute Gasteiger partial charge is 0.287 e. The number of fused-ring (bicyclic) bond motifs is 1. The molecule has 0 N–H and O–H groups in total. The van der Waals surface area contributed by atoms with Crippen molar-refractivity contribution in [3.8, 4) is 0 Å². The highest BCUT2D eigenvalue weighted by atomic mass is 16.7. The highest BCUT2D eigenvalue weighted by Crippen LogP contribution is 2.45. The van der Waals surface area contributed by atoms with Crippen molar-refractivity contribution in [3.05, 3.63) is 77.2 Å². The van der Waals surface area contributed by atoms with Gasteiger partial charge in [-0.25, -0.2) is 0 Å². The molecule has 2 heterocycles. The lowest BCUT2D eigenvalue weighted by Crippen LogP contribution is -2.34. The van der Waals surface area contributed by atoms with Gasteiger partial charge in [0.05, 0.1) is 24.0 Å². The van der Waals surface area contributed by atoms with Crippen molar-refractivity contribution in [2.45, 2.75) is 12.8 Å². The fraction of sp³-hybridized carbons (Fsp3) is 0.261. The number of hydrogen-bond acceptors (Lipinski definition) is 5. The van der Waals surface area contributed by atoms with Crippen LogP contribution in [0.15, 0.2) is 66.1 Å². The minimum atomic E-state index is -1.02. The number of rotatable bonds is 6. The van der Waals surface area contributed by atoms with Crippen LogP contribution in [-0.2, 0) is 19.1 Å². The Hall–Kier alpha value is -3.41. The second kappa shape index (κ2) is 7.54. The van der Waals surface area contributed by atoms with Gasteiger partial charge in [-0.1, -0.05) is 48.5 Å². The number of carbonyl (C=O) groups is 3. The van der Waals surface area contributed by atoms with Crippen LogP contribution in [0.4, 0.5) is 5.69 Å². The fourth-order valence-electron chi connectivity index (χ4n) is 4.02. The van der Waals surface area contributed by atoms with Crippen molar-refractivity contribution in [1.29, 1.82) is 0 Å². The summed E-state index contributed by atoms with van der Waals surface area (Å²) in [6.07, 6.45) is 0. The lowest BCUT2D eigenvalue weighted by Gasteiger charge is -2.22. The lowest BCUT2D eigenvalue weighted by atomic mass is 9.76. The normalized spacial score (nSPS) is 19.2. The van der Waals surface area contributed by atoms with Crippen molar-refractivity contribution in [1.82, 2.24) is 0 Å². The summed E-state index contributed by atoms with van der Waals surface area (Å²) in [4.78, 5) is 41.1. The zero-order valence-electron chi connectivity index (χ0n) is 16.3. The zero-order chi connectivity index (χ0) is 20.5. The number of hydrogen-bond donors (Lipinski definition) is 0. The topological polar surface area (TPSA) is 72.9 Å². The van der Waals surface area contributed by atoms with Crippen molar-refractivity contribution < 1.29 is 23.9 Å². The molecule has 6 nitrogen and oxygen atoms in total. The number of nitrogens with zero attached hydrogens (tertiary/aromatic N) is 1. The first-order chi connectivity index (χ1) is 14.0. The van der Waals surface area contributed by atoms with E-state index >= 15 is 0 Å². The van der Waals surface area contributed by atoms with E-state index in [0.29, 0.717) is 5.56 Å². The molecule has 0 aromatic heterocycles. The van der Waals surface area contributed by atoms with Gasteiger partial charge in [0.15, 0.2) is 12.4 Å². The first-order valence-corrected chi connectivity index (χ1v) is 9.53. The molecule has 0 spiro atoms. The van der Waals surface area contributed by atoms with Crippen LogP contribution in [-0.4, -0.2) is 37.7 Å². The van der Waals surface area contributed by atoms with Crippen LogP contribution in [0.3, 0.4) is 0 Å². The number of anilines is 1. The molecule has 0 bridgehead atoms. The Kier molecular flexibility index (Phi) is 4.92. The maximum absolute atomic E-state index is 13.6. The standard InChI is InChI=1S/C23H21NO5/c1-3-28-23-19(17(25)13-29-23)20(21(26)14-9-5-4-6-10-14)18-15-11-7-8-12-16(15)24(2)22(18)27/h4-12,18,20H,3,13H2,1-2H3. The van der Waals surface area contributed by atoms with E-state index in [1.165, 1.54) is 4.90 Å². The maximum Gasteiger partial charge on any atom is 0.287 e. The molecule has 0 saturated carbocycles. The zero-order valence-corrected chi connectivity index (χ0v) is 16.3. The van der Waals surface area contributed by atoms with Crippen LogP contribution in [0, 0.1) is 5.92 Å². The highest BCUT2D eigenvalue weighted by molar-refractivity contribution is 6.15. The maximum atomic E-state index is 13.6. The molecule has 2 aliphatic heterocycles. The van der Waals surface area contributed by atoms with Crippen LogP contribution in [0.25, 0.3) is 0 Å². The molecule has 1 amide bonds. The summed E-state index contributed by atoms with van der Waals surface area (Å²) in [5.74, 6) is -2.66. The van der Waals surface area contributed by atoms with E-state index in [9.17, 15) is 14.4 Å². The molecule has 2 aromatic carbocycles. The SMILES string of the molecule is CCOC1=C(C(C(=O)c2ccccc2)C2C(=O)N(C)c3ccccc32)C(=O)CO1. The Balaban J connectivity index is 1.90. The Morgan fingerprint density at radius 2 is 1.83 bits per heavy atom. The van der Waals surface area contributed by atoms with Gasteiger partial charge >= 0.3 is 0 Å². The largest absolute Gasteiger partial charge is 0.465 e. The molecule has 2 aromatic rings. The molecule has 0 fully saturated rings. The summed E-state index contributed by atoms with van der Waals surface area (Å²) in [5, 5.41) is 0. The number of likely N-dealkylation sites (N-methyl/N-ethyl adjacent to an activating group) is 1. The molecule has 2 atom stereocenters. The predicted molar refractivity (Wildman–Crippen MR) is 106 cm³/mol. The third kappa shape index (κ3) is 3.10. The van der Waals surface area contributed by atoms with Crippen molar-refractivity contribution in [2.24, 2.45) is 5.92 Å². The van der Waals surface area contributed by atoms with E-state index in [-0.39, 0.29) is 42.2 Å². The van der Waals surface area contributed by atoms with E-state index < -0.39 is 11.8 Å². The number of ketones is 2. The number of Topliss-reactive ketones (excluding diaryl/α,β-unsaturated/α-hetero) is 2. The van der Waals surface area contributed by atoms with Gasteiger partial charge in [-0.05, 0) is 18.6 Å². The molecule has 148 valence electrons. The Labute approximate surface area is 168 Å². The molecule has 0 saturated heterocycles. The van der Waals surface area contributed by atoms with E-state index in [0.717, 1.165) is 11.3 Å². The first-order valence-electron chi connectivity index (χ1n) is 9.53. The Morgan fingerprint density at radius 1 is 1.14 bits per heavy atom. The van der Waals surface area contributed by atoms with Crippen molar-refractivity contribution in [2.75, 3.05) is 25.2 Å². The van der Waals surface area contributed by atoms with E-state index in [1.807, 2.05) is 30.3 Å². The quantitative estimate of drug-likeness (QED) is 0.708. The summed E-state index contributed by atoms with van der Waals surface area (Å²) >= 11 is 0. The number of para-hydroxylation sites is 1. The summed E-state index contributed by atoms with van der Waals surface area (Å²) in [7, 11) is 1.68. The van der Waals surface area contributed by atoms with Gasteiger partial charge in [-0.15, -0.1) is 0 Å². The van der Waals surface area contributed by atoms with Gasteiger partial charge < -0.3 is 14.4 Å². The molecule has 2 aliphatic rings. The summed E-state index contributed by atoms with van der Waals surface area (Å²) < 4.78 is 10.9. The third-order valence-electron chi connectivity index (χ3n) is 5.35. The molecule has 0 radical (unpaired) electrons. The number of carbonyl (C=O) groups excluding carboxylic acids is 3. The average molecular weight is 391 g/mol. The van der Waals surface area contributed by atoms with Crippen LogP contribution < -0.4 is 4.90 Å². The fourth-order valence-corrected chi connectivity index (χ4v) is 4.02. The van der Waals surface area contributed by atoms with Crippen molar-refractivity contribution >= 4 is 23.2 Å². The lowest BCUT2D eigenvalue weighted by molar-refractivity contribution is -0.119. The highest BCUT2D eigenvalue weighted by Gasteiger charge is 2.49. The average Bonchev–Trinajstić information content (AvgIpc) is 3.22. The van der Waals surface area contributed by atoms with Gasteiger partial charge in [0.2, 0.25) is 11.7 Å². The van der Waals surface area contributed by atoms with Gasteiger partial charge in [0, 0.05) is 18.3 Å². The second-order valence-corrected chi connectivity index (χ2v) is 6.99. The van der Waals surface area contributed by atoms with Gasteiger partial charge in [-0.3, -0.25) is 14.4 Å². The van der Waals surface area contributed by atoms with Gasteiger partial charge in [-0.2, -0.15) is 0 Å². The summed E-state index contributed by atoms with van der Waals surface area (Å²) in [6.45, 7) is 1.86. The molecular weight excluding hydrogens is 370 g/mol. The Bertz CT molecular complexity index is 1010. The molecule has 0 aliphatic carbocycles. The first kappa shape index (κ1) is 18.9. The van der Waals surface area contributed by atoms with Crippen LogP contribution in [0.1, 0.15) is 28.8 Å². The van der Waals surface area contributed by atoms with Crippen molar-refractivity contribution in [3.63, 3.8) is 0 Å². The van der Waals surface area contributed by atoms with Gasteiger partial charge in [0.25, 0.3) is 5.95 Å². The predicted octanol–water partition coefficient (Wildman–Crippen LogP) is 3.09. The number of amides is 1. The van der Waals surface area contributed by atoms with Gasteiger partial charge in [0.1, 0.15) is 0 Å². The molecular formula is C23H21NO5.